The maximum atomic E-state index is 2.27. The lowest BCUT2D eigenvalue weighted by molar-refractivity contribution is 0.886. The Labute approximate surface area is 98.0 Å². The zero-order valence-corrected chi connectivity index (χ0v) is 9.60. The molecular formula is C16H18. The van der Waals surface area contributed by atoms with Gasteiger partial charge in [0.2, 0.25) is 0 Å². The fraction of sp³-hybridized carbons (Fsp3) is 0.250. The highest BCUT2D eigenvalue weighted by Crippen LogP contribution is 2.23. The molecule has 0 atom stereocenters. The predicted molar refractivity (Wildman–Crippen MR) is 71.2 cm³/mol. The summed E-state index contributed by atoms with van der Waals surface area (Å²) in [6, 6.07) is 10.4. The third-order valence-corrected chi connectivity index (χ3v) is 2.89. The van der Waals surface area contributed by atoms with Crippen LogP contribution in [0.5, 0.6) is 0 Å². The monoisotopic (exact) mass is 210 g/mol. The van der Waals surface area contributed by atoms with Gasteiger partial charge < -0.3 is 0 Å². The molecule has 0 N–H and O–H groups in total. The third kappa shape index (κ3) is 3.54. The van der Waals surface area contributed by atoms with Gasteiger partial charge in [-0.15, -0.1) is 0 Å². The average Bonchev–Trinajstić information content (AvgIpc) is 2.83. The number of allylic oxidation sites excluding steroid dienone is 5. The minimum Gasteiger partial charge on any atom is -0.0702 e. The van der Waals surface area contributed by atoms with Crippen LogP contribution in [0.4, 0.5) is 0 Å². The highest BCUT2D eigenvalue weighted by molar-refractivity contribution is 5.50. The maximum Gasteiger partial charge on any atom is -0.0257 e. The van der Waals surface area contributed by atoms with E-state index in [0.29, 0.717) is 0 Å². The molecule has 0 amide bonds. The van der Waals surface area contributed by atoms with Crippen LogP contribution in [-0.4, -0.2) is 0 Å². The van der Waals surface area contributed by atoms with Crippen molar-refractivity contribution in [2.45, 2.75) is 25.7 Å². The first-order valence-electron chi connectivity index (χ1n) is 6.03. The lowest BCUT2D eigenvalue weighted by atomic mass is 10.2. The van der Waals surface area contributed by atoms with Gasteiger partial charge in [0.05, 0.1) is 0 Å². The van der Waals surface area contributed by atoms with E-state index in [0.717, 1.165) is 0 Å². The van der Waals surface area contributed by atoms with E-state index >= 15 is 0 Å². The van der Waals surface area contributed by atoms with Crippen molar-refractivity contribution in [2.75, 3.05) is 0 Å². The quantitative estimate of drug-likeness (QED) is 0.631. The Kier molecular flexibility index (Phi) is 4.18. The summed E-state index contributed by atoms with van der Waals surface area (Å²) in [5.74, 6) is 0. The molecule has 1 fully saturated rings. The number of rotatable bonds is 3. The molecule has 0 nitrogen and oxygen atoms in total. The Hall–Kier alpha value is -1.56. The van der Waals surface area contributed by atoms with Crippen molar-refractivity contribution >= 4 is 6.08 Å². The largest absolute Gasteiger partial charge is 0.0702 e. The molecule has 0 heterocycles. The molecule has 2 rings (SSSR count). The van der Waals surface area contributed by atoms with Gasteiger partial charge in [0.15, 0.2) is 0 Å². The molecule has 0 unspecified atom stereocenters. The average molecular weight is 210 g/mol. The van der Waals surface area contributed by atoms with E-state index < -0.39 is 0 Å². The van der Waals surface area contributed by atoms with Crippen LogP contribution in [0.25, 0.3) is 6.08 Å². The highest BCUT2D eigenvalue weighted by Gasteiger charge is 2.03. The van der Waals surface area contributed by atoms with Crippen LogP contribution in [0.2, 0.25) is 0 Å². The SMILES string of the molecule is C(=CC=C1CCCC1)C=Cc1ccccc1. The van der Waals surface area contributed by atoms with Crippen LogP contribution < -0.4 is 0 Å². The molecule has 16 heavy (non-hydrogen) atoms. The van der Waals surface area contributed by atoms with E-state index in [-0.39, 0.29) is 0 Å². The first-order valence-corrected chi connectivity index (χ1v) is 6.03. The van der Waals surface area contributed by atoms with Crippen LogP contribution in [0.3, 0.4) is 0 Å². The fourth-order valence-corrected chi connectivity index (χ4v) is 1.98. The lowest BCUT2D eigenvalue weighted by Crippen LogP contribution is -1.68. The molecule has 1 saturated carbocycles. The van der Waals surface area contributed by atoms with E-state index in [1.165, 1.54) is 31.2 Å². The van der Waals surface area contributed by atoms with Crippen molar-refractivity contribution < 1.29 is 0 Å². The van der Waals surface area contributed by atoms with Crippen LogP contribution in [0, 0.1) is 0 Å². The van der Waals surface area contributed by atoms with Gasteiger partial charge in [-0.25, -0.2) is 0 Å². The minimum absolute atomic E-state index is 1.25. The van der Waals surface area contributed by atoms with Gasteiger partial charge in [0, 0.05) is 0 Å². The standard InChI is InChI=1S/C16H18/c1-3-9-15(10-4-1)11-5-2-6-12-16-13-7-8-14-16/h1-6,9-12H,7-8,13-14H2. The molecule has 1 aliphatic rings. The Balaban J connectivity index is 1.85. The molecule has 1 aliphatic carbocycles. The summed E-state index contributed by atoms with van der Waals surface area (Å²) in [5, 5.41) is 0. The molecule has 82 valence electrons. The Morgan fingerprint density at radius 1 is 0.812 bits per heavy atom. The lowest BCUT2D eigenvalue weighted by Gasteiger charge is -1.89. The summed E-state index contributed by atoms with van der Waals surface area (Å²) in [6.45, 7) is 0. The summed E-state index contributed by atoms with van der Waals surface area (Å²) in [7, 11) is 0. The van der Waals surface area contributed by atoms with E-state index in [2.05, 4.69) is 54.6 Å². The molecule has 0 heteroatoms. The van der Waals surface area contributed by atoms with Gasteiger partial charge in [0.25, 0.3) is 0 Å². The van der Waals surface area contributed by atoms with Gasteiger partial charge in [-0.2, -0.15) is 0 Å². The third-order valence-electron chi connectivity index (χ3n) is 2.89. The van der Waals surface area contributed by atoms with Crippen LogP contribution >= 0.6 is 0 Å². The fourth-order valence-electron chi connectivity index (χ4n) is 1.98. The van der Waals surface area contributed by atoms with Gasteiger partial charge in [-0.1, -0.05) is 66.3 Å². The van der Waals surface area contributed by atoms with Gasteiger partial charge in [-0.3, -0.25) is 0 Å². The topological polar surface area (TPSA) is 0 Å². The van der Waals surface area contributed by atoms with Crippen molar-refractivity contribution in [1.29, 1.82) is 0 Å². The highest BCUT2D eigenvalue weighted by atomic mass is 14.1. The first kappa shape index (κ1) is 10.9. The molecule has 1 aromatic carbocycles. The number of hydrogen-bond acceptors (Lipinski definition) is 0. The summed E-state index contributed by atoms with van der Waals surface area (Å²) >= 11 is 0. The molecule has 0 bridgehead atoms. The molecule has 0 radical (unpaired) electrons. The van der Waals surface area contributed by atoms with Crippen LogP contribution in [0.1, 0.15) is 31.2 Å². The summed E-state index contributed by atoms with van der Waals surface area (Å²) in [5.41, 5.74) is 2.85. The van der Waals surface area contributed by atoms with E-state index in [1.807, 2.05) is 6.07 Å². The van der Waals surface area contributed by atoms with Crippen LogP contribution in [-0.2, 0) is 0 Å². The van der Waals surface area contributed by atoms with Crippen molar-refractivity contribution in [2.24, 2.45) is 0 Å². The van der Waals surface area contributed by atoms with E-state index in [1.54, 1.807) is 5.57 Å². The zero-order valence-electron chi connectivity index (χ0n) is 9.60. The van der Waals surface area contributed by atoms with Gasteiger partial charge in [0.1, 0.15) is 0 Å². The smallest absolute Gasteiger partial charge is 0.0257 e. The molecule has 0 saturated heterocycles. The second-order valence-electron chi connectivity index (χ2n) is 4.19. The number of benzene rings is 1. The van der Waals surface area contributed by atoms with Crippen molar-refractivity contribution in [1.82, 2.24) is 0 Å². The Morgan fingerprint density at radius 3 is 2.31 bits per heavy atom. The minimum atomic E-state index is 1.25. The summed E-state index contributed by atoms with van der Waals surface area (Å²) in [6.07, 6.45) is 16.1. The second kappa shape index (κ2) is 6.12. The normalized spacial score (nSPS) is 16.4. The first-order chi connectivity index (χ1) is 7.95. The molecule has 1 aromatic rings. The number of hydrogen-bond donors (Lipinski definition) is 0. The van der Waals surface area contributed by atoms with Gasteiger partial charge >= 0.3 is 0 Å². The van der Waals surface area contributed by atoms with Crippen molar-refractivity contribution in [3.05, 3.63) is 65.8 Å². The predicted octanol–water partition coefficient (Wildman–Crippen LogP) is 4.76. The molecule has 0 aromatic heterocycles. The van der Waals surface area contributed by atoms with E-state index in [4.69, 9.17) is 0 Å². The maximum absolute atomic E-state index is 2.27. The Bertz CT molecular complexity index is 385. The second-order valence-corrected chi connectivity index (χ2v) is 4.19. The van der Waals surface area contributed by atoms with E-state index in [9.17, 15) is 0 Å². The summed E-state index contributed by atoms with van der Waals surface area (Å²) < 4.78 is 0. The van der Waals surface area contributed by atoms with Crippen molar-refractivity contribution in [3.63, 3.8) is 0 Å². The Morgan fingerprint density at radius 2 is 1.56 bits per heavy atom. The van der Waals surface area contributed by atoms with Gasteiger partial charge in [-0.05, 0) is 31.2 Å². The van der Waals surface area contributed by atoms with Crippen molar-refractivity contribution in [3.8, 4) is 0 Å². The molecule has 0 aliphatic heterocycles. The van der Waals surface area contributed by atoms with Crippen LogP contribution in [0.15, 0.2) is 60.2 Å². The molecule has 0 spiro atoms. The summed E-state index contributed by atoms with van der Waals surface area (Å²) in [4.78, 5) is 0. The molecular weight excluding hydrogens is 192 g/mol. The zero-order chi connectivity index (χ0) is 11.1.